The zero-order valence-electron chi connectivity index (χ0n) is 12.6. The van der Waals surface area contributed by atoms with Gasteiger partial charge in [0, 0.05) is 32.6 Å². The van der Waals surface area contributed by atoms with Gasteiger partial charge in [-0.05, 0) is 31.8 Å². The normalized spacial score (nSPS) is 23.0. The first-order valence-electron chi connectivity index (χ1n) is 7.89. The van der Waals surface area contributed by atoms with Gasteiger partial charge >= 0.3 is 0 Å². The van der Waals surface area contributed by atoms with Gasteiger partial charge in [-0.15, -0.1) is 5.10 Å². The van der Waals surface area contributed by atoms with Crippen LogP contribution in [0.1, 0.15) is 29.8 Å². The van der Waals surface area contributed by atoms with Crippen molar-refractivity contribution in [3.63, 3.8) is 0 Å². The van der Waals surface area contributed by atoms with Gasteiger partial charge in [0.05, 0.1) is 6.20 Å². The van der Waals surface area contributed by atoms with E-state index in [1.54, 1.807) is 15.8 Å². The summed E-state index contributed by atoms with van der Waals surface area (Å²) in [7, 11) is 0. The van der Waals surface area contributed by atoms with Crippen LogP contribution in [0, 0.1) is 5.92 Å². The average Bonchev–Trinajstić information content (AvgIpc) is 2.88. The fourth-order valence-corrected chi connectivity index (χ4v) is 2.96. The van der Waals surface area contributed by atoms with Gasteiger partial charge in [0.2, 0.25) is 5.91 Å². The van der Waals surface area contributed by atoms with Crippen molar-refractivity contribution in [2.24, 2.45) is 5.92 Å². The number of rotatable bonds is 3. The average molecular weight is 306 g/mol. The van der Waals surface area contributed by atoms with Gasteiger partial charge in [-0.1, -0.05) is 5.21 Å². The highest BCUT2D eigenvalue weighted by Gasteiger charge is 2.22. The molecule has 1 atom stereocenters. The largest absolute Gasteiger partial charge is 0.354 e. The smallest absolute Gasteiger partial charge is 0.276 e. The lowest BCUT2D eigenvalue weighted by atomic mass is 10.00. The van der Waals surface area contributed by atoms with E-state index >= 15 is 0 Å². The van der Waals surface area contributed by atoms with Crippen molar-refractivity contribution in [2.75, 3.05) is 32.7 Å². The molecule has 2 amide bonds. The van der Waals surface area contributed by atoms with E-state index in [2.05, 4.69) is 20.9 Å². The summed E-state index contributed by atoms with van der Waals surface area (Å²) in [6.07, 6.45) is 4.42. The second-order valence-electron chi connectivity index (χ2n) is 5.93. The molecule has 1 aromatic rings. The Morgan fingerprint density at radius 2 is 2.27 bits per heavy atom. The number of hydrogen-bond donors (Lipinski definition) is 2. The lowest BCUT2D eigenvalue weighted by molar-refractivity contribution is -0.120. The minimum atomic E-state index is -0.149. The molecule has 2 N–H and O–H groups in total. The number of hydrogen-bond acceptors (Lipinski definition) is 5. The Balaban J connectivity index is 1.59. The van der Waals surface area contributed by atoms with Crippen LogP contribution in [-0.2, 0) is 11.3 Å². The summed E-state index contributed by atoms with van der Waals surface area (Å²) in [6, 6.07) is 0. The van der Waals surface area contributed by atoms with Gasteiger partial charge in [-0.25, -0.2) is 0 Å². The molecule has 2 aliphatic heterocycles. The van der Waals surface area contributed by atoms with Gasteiger partial charge in [0.25, 0.3) is 5.91 Å². The standard InChI is InChI=1S/C14H22N6O2/c21-13-3-6-19(7-5-16-13)14(22)12-10-20(18-17-12)9-11-2-1-4-15-8-11/h10-11,15H,1-9H2,(H,16,21)/t11-/m1/s1. The van der Waals surface area contributed by atoms with Crippen LogP contribution < -0.4 is 10.6 Å². The Hall–Kier alpha value is -1.96. The molecule has 22 heavy (non-hydrogen) atoms. The van der Waals surface area contributed by atoms with E-state index in [0.29, 0.717) is 37.7 Å². The minimum absolute atomic E-state index is 0.0104. The number of aromatic nitrogens is 3. The van der Waals surface area contributed by atoms with Gasteiger partial charge < -0.3 is 15.5 Å². The highest BCUT2D eigenvalue weighted by Crippen LogP contribution is 2.12. The van der Waals surface area contributed by atoms with Crippen molar-refractivity contribution in [3.05, 3.63) is 11.9 Å². The lowest BCUT2D eigenvalue weighted by Crippen LogP contribution is -2.34. The molecule has 0 bridgehead atoms. The van der Waals surface area contributed by atoms with Crippen molar-refractivity contribution in [2.45, 2.75) is 25.8 Å². The molecule has 8 heteroatoms. The highest BCUT2D eigenvalue weighted by atomic mass is 16.2. The van der Waals surface area contributed by atoms with E-state index in [0.717, 1.165) is 19.6 Å². The molecule has 8 nitrogen and oxygen atoms in total. The maximum Gasteiger partial charge on any atom is 0.276 e. The zero-order valence-corrected chi connectivity index (χ0v) is 12.6. The van der Waals surface area contributed by atoms with Crippen molar-refractivity contribution in [3.8, 4) is 0 Å². The molecule has 0 unspecified atom stereocenters. The molecule has 2 aliphatic rings. The third-order valence-corrected chi connectivity index (χ3v) is 4.20. The van der Waals surface area contributed by atoms with E-state index < -0.39 is 0 Å². The molecule has 120 valence electrons. The molecule has 3 heterocycles. The van der Waals surface area contributed by atoms with Gasteiger partial charge in [0.15, 0.2) is 5.69 Å². The molecule has 0 aliphatic carbocycles. The Labute approximate surface area is 129 Å². The molecule has 2 fully saturated rings. The van der Waals surface area contributed by atoms with Gasteiger partial charge in [-0.3, -0.25) is 14.3 Å². The van der Waals surface area contributed by atoms with Crippen LogP contribution >= 0.6 is 0 Å². The van der Waals surface area contributed by atoms with E-state index in [4.69, 9.17) is 0 Å². The summed E-state index contributed by atoms with van der Waals surface area (Å²) in [5.74, 6) is 0.381. The number of amides is 2. The van der Waals surface area contributed by atoms with Crippen LogP contribution in [0.5, 0.6) is 0 Å². The summed E-state index contributed by atoms with van der Waals surface area (Å²) >= 11 is 0. The first-order valence-corrected chi connectivity index (χ1v) is 7.89. The Morgan fingerprint density at radius 1 is 1.36 bits per heavy atom. The molecule has 0 spiro atoms. The van der Waals surface area contributed by atoms with Crippen LogP contribution in [-0.4, -0.2) is 64.4 Å². The second-order valence-corrected chi connectivity index (χ2v) is 5.93. The molecule has 3 rings (SSSR count). The van der Waals surface area contributed by atoms with Crippen molar-refractivity contribution >= 4 is 11.8 Å². The van der Waals surface area contributed by atoms with Gasteiger partial charge in [0.1, 0.15) is 0 Å². The molecule has 0 radical (unpaired) electrons. The molecular weight excluding hydrogens is 284 g/mol. The fraction of sp³-hybridized carbons (Fsp3) is 0.714. The predicted octanol–water partition coefficient (Wildman–Crippen LogP) is -0.760. The van der Waals surface area contributed by atoms with Crippen LogP contribution in [0.25, 0.3) is 0 Å². The number of nitrogens with zero attached hydrogens (tertiary/aromatic N) is 4. The first kappa shape index (κ1) is 15.0. The summed E-state index contributed by atoms with van der Waals surface area (Å²) in [4.78, 5) is 25.4. The number of carbonyl (C=O) groups is 2. The summed E-state index contributed by atoms with van der Waals surface area (Å²) in [6.45, 7) is 4.30. The van der Waals surface area contributed by atoms with Gasteiger partial charge in [-0.2, -0.15) is 0 Å². The zero-order chi connectivity index (χ0) is 15.4. The molecular formula is C14H22N6O2. The van der Waals surface area contributed by atoms with Crippen LogP contribution in [0.15, 0.2) is 6.20 Å². The quantitative estimate of drug-likeness (QED) is 0.766. The minimum Gasteiger partial charge on any atom is -0.354 e. The number of nitrogens with one attached hydrogen (secondary N) is 2. The number of piperidine rings is 1. The Morgan fingerprint density at radius 3 is 3.09 bits per heavy atom. The summed E-state index contributed by atoms with van der Waals surface area (Å²) in [5.41, 5.74) is 0.359. The molecule has 0 aromatic carbocycles. The highest BCUT2D eigenvalue weighted by molar-refractivity contribution is 5.92. The third kappa shape index (κ3) is 3.62. The maximum absolute atomic E-state index is 12.4. The Kier molecular flexibility index (Phi) is 4.67. The van der Waals surface area contributed by atoms with Crippen LogP contribution in [0.4, 0.5) is 0 Å². The topological polar surface area (TPSA) is 92.2 Å². The third-order valence-electron chi connectivity index (χ3n) is 4.20. The lowest BCUT2D eigenvalue weighted by Gasteiger charge is -2.22. The maximum atomic E-state index is 12.4. The van der Waals surface area contributed by atoms with Crippen molar-refractivity contribution in [1.82, 2.24) is 30.5 Å². The van der Waals surface area contributed by atoms with Crippen LogP contribution in [0.2, 0.25) is 0 Å². The SMILES string of the molecule is O=C1CCN(C(=O)c2cn(C[C@@H]3CCCNC3)nn2)CCN1. The van der Waals surface area contributed by atoms with Crippen molar-refractivity contribution < 1.29 is 9.59 Å². The van der Waals surface area contributed by atoms with E-state index in [1.807, 2.05) is 0 Å². The molecule has 0 saturated carbocycles. The molecule has 1 aromatic heterocycles. The summed E-state index contributed by atoms with van der Waals surface area (Å²) < 4.78 is 1.76. The predicted molar refractivity (Wildman–Crippen MR) is 79.1 cm³/mol. The fourth-order valence-electron chi connectivity index (χ4n) is 2.96. The second kappa shape index (κ2) is 6.87. The number of carbonyl (C=O) groups excluding carboxylic acids is 2. The van der Waals surface area contributed by atoms with E-state index in [1.165, 1.54) is 12.8 Å². The monoisotopic (exact) mass is 306 g/mol. The first-order chi connectivity index (χ1) is 10.7. The Bertz CT molecular complexity index is 537. The van der Waals surface area contributed by atoms with Crippen LogP contribution in [0.3, 0.4) is 0 Å². The van der Waals surface area contributed by atoms with E-state index in [-0.39, 0.29) is 11.8 Å². The summed E-state index contributed by atoms with van der Waals surface area (Å²) in [5, 5.41) is 14.2. The van der Waals surface area contributed by atoms with Crippen molar-refractivity contribution in [1.29, 1.82) is 0 Å². The molecule has 2 saturated heterocycles. The van der Waals surface area contributed by atoms with E-state index in [9.17, 15) is 9.59 Å².